The number of hydrogen-bond acceptors (Lipinski definition) is 1. The zero-order valence-electron chi connectivity index (χ0n) is 8.09. The van der Waals surface area contributed by atoms with Crippen LogP contribution in [-0.4, -0.2) is 0 Å². The van der Waals surface area contributed by atoms with Crippen molar-refractivity contribution in [3.8, 4) is 0 Å². The second-order valence-electron chi connectivity index (χ2n) is 3.46. The Kier molecular flexibility index (Phi) is 2.36. The Bertz CT molecular complexity index is 292. The van der Waals surface area contributed by atoms with Crippen molar-refractivity contribution in [2.24, 2.45) is 0 Å². The van der Waals surface area contributed by atoms with E-state index in [0.717, 1.165) is 21.7 Å². The van der Waals surface area contributed by atoms with E-state index in [4.69, 9.17) is 0 Å². The highest BCUT2D eigenvalue weighted by molar-refractivity contribution is 5.20. The van der Waals surface area contributed by atoms with E-state index in [1.807, 2.05) is 26.0 Å². The highest BCUT2D eigenvalue weighted by Gasteiger charge is 2.11. The fourth-order valence-corrected chi connectivity index (χ4v) is 1.39. The maximum atomic E-state index is 11.4. The normalized spacial score (nSPS) is 10.8. The van der Waals surface area contributed by atoms with E-state index >= 15 is 0 Å². The van der Waals surface area contributed by atoms with Gasteiger partial charge in [0.2, 0.25) is 0 Å². The van der Waals surface area contributed by atoms with E-state index in [9.17, 15) is 5.21 Å². The molecule has 0 aromatic carbocycles. The molecule has 2 nitrogen and oxygen atoms in total. The van der Waals surface area contributed by atoms with Gasteiger partial charge in [-0.1, -0.05) is 13.8 Å². The van der Waals surface area contributed by atoms with Crippen molar-refractivity contribution in [2.45, 2.75) is 33.6 Å². The lowest BCUT2D eigenvalue weighted by Gasteiger charge is -2.10. The third-order valence-electron chi connectivity index (χ3n) is 2.17. The zero-order valence-corrected chi connectivity index (χ0v) is 8.09. The molecule has 0 aliphatic heterocycles. The Morgan fingerprint density at radius 1 is 1.25 bits per heavy atom. The molecule has 12 heavy (non-hydrogen) atoms. The second kappa shape index (κ2) is 3.13. The molecular weight excluding hydrogens is 150 g/mol. The minimum atomic E-state index is 0.422. The smallest absolute Gasteiger partial charge is 0.193 e. The van der Waals surface area contributed by atoms with Crippen molar-refractivity contribution in [1.82, 2.24) is 0 Å². The van der Waals surface area contributed by atoms with E-state index < -0.39 is 0 Å². The van der Waals surface area contributed by atoms with Crippen LogP contribution in [0.3, 0.4) is 0 Å². The Balaban J connectivity index is 3.27. The molecule has 0 atom stereocenters. The molecule has 0 unspecified atom stereocenters. The van der Waals surface area contributed by atoms with Gasteiger partial charge in [-0.05, 0) is 12.0 Å². The van der Waals surface area contributed by atoms with Crippen LogP contribution < -0.4 is 4.73 Å². The lowest BCUT2D eigenvalue weighted by atomic mass is 10.0. The largest absolute Gasteiger partial charge is 0.618 e. The van der Waals surface area contributed by atoms with Crippen LogP contribution in [0.4, 0.5) is 0 Å². The van der Waals surface area contributed by atoms with Crippen molar-refractivity contribution in [3.05, 3.63) is 34.3 Å². The molecule has 2 heteroatoms. The number of nitrogens with zero attached hydrogens (tertiary/aromatic N) is 1. The number of rotatable bonds is 1. The Labute approximate surface area is 73.4 Å². The number of aryl methyl sites for hydroxylation is 1. The van der Waals surface area contributed by atoms with Crippen molar-refractivity contribution in [3.63, 3.8) is 0 Å². The molecule has 1 heterocycles. The van der Waals surface area contributed by atoms with Crippen molar-refractivity contribution >= 4 is 0 Å². The van der Waals surface area contributed by atoms with Crippen molar-refractivity contribution in [2.75, 3.05) is 0 Å². The van der Waals surface area contributed by atoms with Gasteiger partial charge in [0, 0.05) is 25.5 Å². The van der Waals surface area contributed by atoms with Gasteiger partial charge >= 0.3 is 0 Å². The summed E-state index contributed by atoms with van der Waals surface area (Å²) >= 11 is 0. The molecule has 0 fully saturated rings. The van der Waals surface area contributed by atoms with Gasteiger partial charge in [-0.3, -0.25) is 0 Å². The predicted octanol–water partition coefficient (Wildman–Crippen LogP) is 2.06. The maximum absolute atomic E-state index is 11.4. The zero-order chi connectivity index (χ0) is 9.30. The Hall–Kier alpha value is -1.05. The molecule has 0 spiro atoms. The quantitative estimate of drug-likeness (QED) is 0.462. The summed E-state index contributed by atoms with van der Waals surface area (Å²) in [5, 5.41) is 11.4. The summed E-state index contributed by atoms with van der Waals surface area (Å²) in [5.74, 6) is 0.422. The van der Waals surface area contributed by atoms with Crippen LogP contribution >= 0.6 is 0 Å². The van der Waals surface area contributed by atoms with Gasteiger partial charge in [0.15, 0.2) is 11.4 Å². The summed E-state index contributed by atoms with van der Waals surface area (Å²) in [7, 11) is 0. The predicted molar refractivity (Wildman–Crippen MR) is 49.0 cm³/mol. The third kappa shape index (κ3) is 1.42. The van der Waals surface area contributed by atoms with Gasteiger partial charge in [0.25, 0.3) is 0 Å². The summed E-state index contributed by atoms with van der Waals surface area (Å²) in [6.45, 7) is 7.88. The SMILES string of the molecule is Cc1ccc(C(C)C)c(C)[n+]1[O-]. The first-order valence-corrected chi connectivity index (χ1v) is 4.23. The number of aromatic nitrogens is 1. The van der Waals surface area contributed by atoms with Crippen LogP contribution in [0, 0.1) is 19.1 Å². The average molecular weight is 165 g/mol. The van der Waals surface area contributed by atoms with E-state index in [0.29, 0.717) is 5.92 Å². The van der Waals surface area contributed by atoms with Crippen LogP contribution in [0.25, 0.3) is 0 Å². The van der Waals surface area contributed by atoms with E-state index in [1.165, 1.54) is 0 Å². The summed E-state index contributed by atoms with van der Waals surface area (Å²) in [6, 6.07) is 3.90. The first-order chi connectivity index (χ1) is 5.54. The fourth-order valence-electron chi connectivity index (χ4n) is 1.39. The van der Waals surface area contributed by atoms with Gasteiger partial charge < -0.3 is 5.21 Å². The monoisotopic (exact) mass is 165 g/mol. The number of hydrogen-bond donors (Lipinski definition) is 0. The van der Waals surface area contributed by atoms with Gasteiger partial charge in [-0.15, -0.1) is 0 Å². The third-order valence-corrected chi connectivity index (χ3v) is 2.17. The molecular formula is C10H15NO. The summed E-state index contributed by atoms with van der Waals surface area (Å²) < 4.78 is 0.995. The molecule has 66 valence electrons. The van der Waals surface area contributed by atoms with Crippen LogP contribution in [0.15, 0.2) is 12.1 Å². The van der Waals surface area contributed by atoms with Gasteiger partial charge in [0.05, 0.1) is 0 Å². The lowest BCUT2D eigenvalue weighted by Crippen LogP contribution is -2.34. The Morgan fingerprint density at radius 3 is 2.33 bits per heavy atom. The summed E-state index contributed by atoms with van der Waals surface area (Å²) in [4.78, 5) is 0. The molecule has 0 N–H and O–H groups in total. The standard InChI is InChI=1S/C10H15NO/c1-7(2)10-6-5-8(3)11(12)9(10)4/h5-7H,1-4H3. The van der Waals surface area contributed by atoms with Crippen molar-refractivity contribution in [1.29, 1.82) is 0 Å². The number of pyridine rings is 1. The van der Waals surface area contributed by atoms with Crippen LogP contribution in [-0.2, 0) is 0 Å². The minimum Gasteiger partial charge on any atom is -0.618 e. The highest BCUT2D eigenvalue weighted by atomic mass is 16.5. The van der Waals surface area contributed by atoms with Crippen LogP contribution in [0.5, 0.6) is 0 Å². The van der Waals surface area contributed by atoms with Crippen LogP contribution in [0.1, 0.15) is 36.7 Å². The minimum absolute atomic E-state index is 0.422. The van der Waals surface area contributed by atoms with Gasteiger partial charge in [-0.2, -0.15) is 4.73 Å². The first-order valence-electron chi connectivity index (χ1n) is 4.23. The molecule has 0 aliphatic carbocycles. The molecule has 0 saturated heterocycles. The molecule has 1 rings (SSSR count). The molecule has 0 amide bonds. The van der Waals surface area contributed by atoms with E-state index in [2.05, 4.69) is 13.8 Å². The lowest BCUT2D eigenvalue weighted by molar-refractivity contribution is -0.619. The highest BCUT2D eigenvalue weighted by Crippen LogP contribution is 2.15. The Morgan fingerprint density at radius 2 is 1.83 bits per heavy atom. The van der Waals surface area contributed by atoms with Crippen LogP contribution in [0.2, 0.25) is 0 Å². The maximum Gasteiger partial charge on any atom is 0.193 e. The first kappa shape index (κ1) is 9.04. The second-order valence-corrected chi connectivity index (χ2v) is 3.46. The van der Waals surface area contributed by atoms with Crippen molar-refractivity contribution < 1.29 is 4.73 Å². The van der Waals surface area contributed by atoms with E-state index in [1.54, 1.807) is 0 Å². The van der Waals surface area contributed by atoms with E-state index in [-0.39, 0.29) is 0 Å². The summed E-state index contributed by atoms with van der Waals surface area (Å²) in [6.07, 6.45) is 0. The molecule has 1 aromatic heterocycles. The fraction of sp³-hybridized carbons (Fsp3) is 0.500. The molecule has 0 radical (unpaired) electrons. The topological polar surface area (TPSA) is 26.9 Å². The molecule has 1 aromatic rings. The van der Waals surface area contributed by atoms with Gasteiger partial charge in [-0.25, -0.2) is 0 Å². The molecule has 0 bridgehead atoms. The molecule has 0 aliphatic rings. The molecule has 0 saturated carbocycles. The average Bonchev–Trinajstić information content (AvgIpc) is 2.00. The van der Waals surface area contributed by atoms with Gasteiger partial charge in [0.1, 0.15) is 0 Å². The summed E-state index contributed by atoms with van der Waals surface area (Å²) in [5.41, 5.74) is 2.72.